The number of hydrogen-bond donors (Lipinski definition) is 1. The molecule has 21 heavy (non-hydrogen) atoms. The van der Waals surface area contributed by atoms with Gasteiger partial charge in [0.2, 0.25) is 0 Å². The fraction of sp³-hybridized carbons (Fsp3) is 0.308. The average Bonchev–Trinajstić information content (AvgIpc) is 3.09. The van der Waals surface area contributed by atoms with Gasteiger partial charge in [0.05, 0.1) is 5.92 Å². The first-order valence-electron chi connectivity index (χ1n) is 6.74. The molecule has 4 rings (SSSR count). The molecule has 4 heterocycles. The molecule has 0 atom stereocenters. The maximum Gasteiger partial charge on any atom is 0.157 e. The number of hydrogen-bond acceptors (Lipinski definition) is 6. The van der Waals surface area contributed by atoms with Gasteiger partial charge in [0, 0.05) is 31.5 Å². The lowest BCUT2D eigenvalue weighted by Gasteiger charge is -2.38. The lowest BCUT2D eigenvalue weighted by molar-refractivity contribution is 0.497. The van der Waals surface area contributed by atoms with Crippen molar-refractivity contribution in [3.8, 4) is 5.82 Å². The molecule has 106 valence electrons. The van der Waals surface area contributed by atoms with Gasteiger partial charge in [-0.15, -0.1) is 0 Å². The van der Waals surface area contributed by atoms with Crippen LogP contribution in [0.3, 0.4) is 0 Å². The van der Waals surface area contributed by atoms with E-state index in [0.29, 0.717) is 5.92 Å². The van der Waals surface area contributed by atoms with Crippen LogP contribution in [-0.2, 0) is 0 Å². The summed E-state index contributed by atoms with van der Waals surface area (Å²) in [4.78, 5) is 19.2. The van der Waals surface area contributed by atoms with Crippen molar-refractivity contribution >= 4 is 5.82 Å². The summed E-state index contributed by atoms with van der Waals surface area (Å²) in [5.41, 5.74) is 0. The summed E-state index contributed by atoms with van der Waals surface area (Å²) in [6.45, 7) is 3.66. The minimum atomic E-state index is 0.363. The van der Waals surface area contributed by atoms with E-state index in [1.807, 2.05) is 23.8 Å². The summed E-state index contributed by atoms with van der Waals surface area (Å²) >= 11 is 0. The minimum Gasteiger partial charge on any atom is -0.355 e. The molecule has 1 saturated heterocycles. The van der Waals surface area contributed by atoms with Crippen molar-refractivity contribution in [2.24, 2.45) is 0 Å². The van der Waals surface area contributed by atoms with Crippen LogP contribution in [0.4, 0.5) is 5.82 Å². The molecule has 0 saturated carbocycles. The van der Waals surface area contributed by atoms with Gasteiger partial charge in [0.15, 0.2) is 5.82 Å². The van der Waals surface area contributed by atoms with E-state index in [2.05, 4.69) is 35.0 Å². The summed E-state index contributed by atoms with van der Waals surface area (Å²) in [5, 5.41) is 7.10. The van der Waals surface area contributed by atoms with E-state index in [0.717, 1.165) is 36.4 Å². The third kappa shape index (κ3) is 2.14. The van der Waals surface area contributed by atoms with E-state index < -0.39 is 0 Å². The van der Waals surface area contributed by atoms with Crippen molar-refractivity contribution in [2.45, 2.75) is 12.8 Å². The molecule has 1 fully saturated rings. The predicted octanol–water partition coefficient (Wildman–Crippen LogP) is 0.693. The Hall–Kier alpha value is -2.77. The van der Waals surface area contributed by atoms with E-state index in [9.17, 15) is 0 Å². The van der Waals surface area contributed by atoms with Crippen LogP contribution in [0.25, 0.3) is 5.82 Å². The average molecular weight is 282 g/mol. The topological polar surface area (TPSA) is 88.4 Å². The number of aromatic nitrogens is 7. The van der Waals surface area contributed by atoms with Gasteiger partial charge in [-0.25, -0.2) is 19.9 Å². The van der Waals surface area contributed by atoms with Crippen LogP contribution in [0, 0.1) is 6.92 Å². The number of anilines is 1. The smallest absolute Gasteiger partial charge is 0.157 e. The minimum absolute atomic E-state index is 0.363. The van der Waals surface area contributed by atoms with Crippen LogP contribution in [0.5, 0.6) is 0 Å². The van der Waals surface area contributed by atoms with Crippen molar-refractivity contribution < 1.29 is 0 Å². The largest absolute Gasteiger partial charge is 0.355 e. The maximum absolute atomic E-state index is 4.38. The Morgan fingerprint density at radius 1 is 1.24 bits per heavy atom. The van der Waals surface area contributed by atoms with Crippen LogP contribution in [0.2, 0.25) is 0 Å². The standard InChI is InChI=1S/C13H14N8/c1-9-17-13(19-18-9)10-5-21(6-10)12-4-11(15-7-16-12)20-3-2-14-8-20/h2-4,7-8,10H,5-6H2,1H3,(H,17,18,19). The molecule has 1 aliphatic heterocycles. The molecular weight excluding hydrogens is 268 g/mol. The van der Waals surface area contributed by atoms with E-state index in [1.165, 1.54) is 0 Å². The van der Waals surface area contributed by atoms with Crippen LogP contribution in [-0.4, -0.2) is 47.8 Å². The first-order chi connectivity index (χ1) is 10.3. The molecule has 0 aliphatic carbocycles. The van der Waals surface area contributed by atoms with Crippen LogP contribution >= 0.6 is 0 Å². The Labute approximate surface area is 120 Å². The van der Waals surface area contributed by atoms with E-state index in [1.54, 1.807) is 18.9 Å². The monoisotopic (exact) mass is 282 g/mol. The van der Waals surface area contributed by atoms with Crippen LogP contribution in [0.1, 0.15) is 17.6 Å². The van der Waals surface area contributed by atoms with Gasteiger partial charge in [-0.2, -0.15) is 5.10 Å². The van der Waals surface area contributed by atoms with Gasteiger partial charge >= 0.3 is 0 Å². The zero-order valence-electron chi connectivity index (χ0n) is 11.5. The van der Waals surface area contributed by atoms with Crippen LogP contribution < -0.4 is 4.90 Å². The van der Waals surface area contributed by atoms with Gasteiger partial charge in [0.25, 0.3) is 0 Å². The molecule has 0 unspecified atom stereocenters. The quantitative estimate of drug-likeness (QED) is 0.760. The SMILES string of the molecule is Cc1nc(C2CN(c3cc(-n4ccnc4)ncn3)C2)n[nH]1. The number of aromatic amines is 1. The molecule has 0 bridgehead atoms. The van der Waals surface area contributed by atoms with Gasteiger partial charge in [-0.3, -0.25) is 9.67 Å². The molecule has 1 aliphatic rings. The number of aryl methyl sites for hydroxylation is 1. The van der Waals surface area contributed by atoms with Gasteiger partial charge in [0.1, 0.15) is 30.1 Å². The van der Waals surface area contributed by atoms with Crippen molar-refractivity contribution in [3.63, 3.8) is 0 Å². The summed E-state index contributed by atoms with van der Waals surface area (Å²) in [7, 11) is 0. The molecule has 0 amide bonds. The fourth-order valence-corrected chi connectivity index (χ4v) is 2.42. The van der Waals surface area contributed by atoms with Crippen molar-refractivity contribution in [1.29, 1.82) is 0 Å². The first kappa shape index (κ1) is 12.0. The summed E-state index contributed by atoms with van der Waals surface area (Å²) in [6.07, 6.45) is 6.89. The third-order valence-electron chi connectivity index (χ3n) is 3.59. The lowest BCUT2D eigenvalue weighted by Crippen LogP contribution is -2.46. The molecule has 0 radical (unpaired) electrons. The Bertz CT molecular complexity index is 741. The normalized spacial score (nSPS) is 15.2. The molecule has 0 aromatic carbocycles. The molecule has 8 nitrogen and oxygen atoms in total. The lowest BCUT2D eigenvalue weighted by atomic mass is 9.99. The molecule has 3 aromatic rings. The zero-order valence-corrected chi connectivity index (χ0v) is 11.5. The van der Waals surface area contributed by atoms with Gasteiger partial charge < -0.3 is 4.90 Å². The third-order valence-corrected chi connectivity index (χ3v) is 3.59. The van der Waals surface area contributed by atoms with E-state index >= 15 is 0 Å². The van der Waals surface area contributed by atoms with Crippen molar-refractivity contribution in [2.75, 3.05) is 18.0 Å². The number of H-pyrrole nitrogens is 1. The summed E-state index contributed by atoms with van der Waals surface area (Å²) in [6, 6.07) is 1.96. The van der Waals surface area contributed by atoms with E-state index in [4.69, 9.17) is 0 Å². The van der Waals surface area contributed by atoms with E-state index in [-0.39, 0.29) is 0 Å². The number of rotatable bonds is 3. The number of imidazole rings is 1. The zero-order chi connectivity index (χ0) is 14.2. The summed E-state index contributed by atoms with van der Waals surface area (Å²) in [5.74, 6) is 3.83. The number of nitrogens with zero attached hydrogens (tertiary/aromatic N) is 7. The van der Waals surface area contributed by atoms with Crippen molar-refractivity contribution in [1.82, 2.24) is 34.7 Å². The highest BCUT2D eigenvalue weighted by molar-refractivity contribution is 5.47. The molecule has 3 aromatic heterocycles. The Balaban J connectivity index is 1.50. The second-order valence-electron chi connectivity index (χ2n) is 5.09. The van der Waals surface area contributed by atoms with Gasteiger partial charge in [-0.1, -0.05) is 0 Å². The highest BCUT2D eigenvalue weighted by Gasteiger charge is 2.32. The highest BCUT2D eigenvalue weighted by atomic mass is 15.3. The number of nitrogens with one attached hydrogen (secondary N) is 1. The van der Waals surface area contributed by atoms with Crippen molar-refractivity contribution in [3.05, 3.63) is 42.8 Å². The molecule has 8 heteroatoms. The Morgan fingerprint density at radius 2 is 2.10 bits per heavy atom. The second kappa shape index (κ2) is 4.65. The molecule has 1 N–H and O–H groups in total. The fourth-order valence-electron chi connectivity index (χ4n) is 2.42. The molecular formula is C13H14N8. The highest BCUT2D eigenvalue weighted by Crippen LogP contribution is 2.28. The summed E-state index contributed by atoms with van der Waals surface area (Å²) < 4.78 is 1.86. The first-order valence-corrected chi connectivity index (χ1v) is 6.74. The molecule has 0 spiro atoms. The maximum atomic E-state index is 4.38. The van der Waals surface area contributed by atoms with Crippen LogP contribution in [0.15, 0.2) is 31.1 Å². The predicted molar refractivity (Wildman–Crippen MR) is 75.2 cm³/mol. The Morgan fingerprint density at radius 3 is 2.81 bits per heavy atom. The second-order valence-corrected chi connectivity index (χ2v) is 5.09. The van der Waals surface area contributed by atoms with Gasteiger partial charge in [-0.05, 0) is 6.92 Å². The Kier molecular flexibility index (Phi) is 2.66.